The molecular formula is C14H29N3O2S. The van der Waals surface area contributed by atoms with Gasteiger partial charge in [-0.3, -0.25) is 4.90 Å². The number of rotatable bonds is 5. The van der Waals surface area contributed by atoms with Crippen molar-refractivity contribution in [2.75, 3.05) is 52.6 Å². The number of nitrogens with zero attached hydrogens (tertiary/aromatic N) is 2. The molecule has 1 N–H and O–H groups in total. The quantitative estimate of drug-likeness (QED) is 0.785. The maximum absolute atomic E-state index is 11.7. The summed E-state index contributed by atoms with van der Waals surface area (Å²) in [6, 6.07) is 0.436. The normalized spacial score (nSPS) is 29.8. The van der Waals surface area contributed by atoms with E-state index >= 15 is 0 Å². The van der Waals surface area contributed by atoms with Crippen molar-refractivity contribution < 1.29 is 8.42 Å². The van der Waals surface area contributed by atoms with Crippen LogP contribution in [0.1, 0.15) is 25.7 Å². The summed E-state index contributed by atoms with van der Waals surface area (Å²) in [5.74, 6) is 0. The van der Waals surface area contributed by atoms with Crippen molar-refractivity contribution in [3.8, 4) is 0 Å². The molecule has 2 atom stereocenters. The number of likely N-dealkylation sites (N-methyl/N-ethyl adjacent to an activating group) is 1. The average molecular weight is 303 g/mol. The summed E-state index contributed by atoms with van der Waals surface area (Å²) in [5.41, 5.74) is 0. The van der Waals surface area contributed by atoms with Crippen LogP contribution < -0.4 is 5.32 Å². The summed E-state index contributed by atoms with van der Waals surface area (Å²) in [5, 5.41) is 3.24. The van der Waals surface area contributed by atoms with Crippen LogP contribution in [0.2, 0.25) is 0 Å². The number of nitrogens with one attached hydrogen (secondary N) is 1. The lowest BCUT2D eigenvalue weighted by atomic mass is 9.94. The predicted octanol–water partition coefficient (Wildman–Crippen LogP) is 0.179. The second-order valence-corrected chi connectivity index (χ2v) is 8.67. The molecule has 118 valence electrons. The third-order valence-corrected chi connectivity index (χ3v) is 6.44. The number of hydrogen-bond donors (Lipinski definition) is 1. The predicted molar refractivity (Wildman–Crippen MR) is 82.8 cm³/mol. The van der Waals surface area contributed by atoms with E-state index in [2.05, 4.69) is 22.2 Å². The van der Waals surface area contributed by atoms with Crippen molar-refractivity contribution in [1.82, 2.24) is 15.1 Å². The van der Waals surface area contributed by atoms with E-state index in [1.807, 2.05) is 0 Å². The molecule has 2 aliphatic rings. The van der Waals surface area contributed by atoms with Crippen molar-refractivity contribution in [2.45, 2.75) is 37.0 Å². The SMILES string of the molecule is CN(CCN1CCNCC1)C1CCCC(S(C)(=O)=O)C1. The van der Waals surface area contributed by atoms with E-state index < -0.39 is 9.84 Å². The van der Waals surface area contributed by atoms with Gasteiger partial charge in [0.05, 0.1) is 5.25 Å². The first kappa shape index (κ1) is 16.2. The zero-order valence-corrected chi connectivity index (χ0v) is 13.7. The van der Waals surface area contributed by atoms with Crippen LogP contribution >= 0.6 is 0 Å². The van der Waals surface area contributed by atoms with Crippen molar-refractivity contribution >= 4 is 9.84 Å². The molecule has 0 radical (unpaired) electrons. The zero-order valence-electron chi connectivity index (χ0n) is 12.8. The first-order valence-electron chi connectivity index (χ1n) is 7.79. The van der Waals surface area contributed by atoms with E-state index in [0.29, 0.717) is 6.04 Å². The second-order valence-electron chi connectivity index (χ2n) is 6.34. The topological polar surface area (TPSA) is 52.6 Å². The standard InChI is InChI=1S/C14H29N3O2S/c1-16(10-11-17-8-6-15-7-9-17)13-4-3-5-14(12-13)20(2,18)19/h13-15H,3-12H2,1-2H3. The van der Waals surface area contributed by atoms with E-state index in [9.17, 15) is 8.42 Å². The molecule has 1 aliphatic carbocycles. The van der Waals surface area contributed by atoms with Crippen molar-refractivity contribution in [3.63, 3.8) is 0 Å². The van der Waals surface area contributed by atoms with Gasteiger partial charge in [-0.25, -0.2) is 8.42 Å². The van der Waals surface area contributed by atoms with Crippen molar-refractivity contribution in [3.05, 3.63) is 0 Å². The molecule has 20 heavy (non-hydrogen) atoms. The molecule has 0 amide bonds. The molecule has 0 bridgehead atoms. The minimum Gasteiger partial charge on any atom is -0.314 e. The summed E-state index contributed by atoms with van der Waals surface area (Å²) in [4.78, 5) is 4.86. The van der Waals surface area contributed by atoms with Crippen LogP contribution in [0.25, 0.3) is 0 Å². The van der Waals surface area contributed by atoms with E-state index in [1.165, 1.54) is 6.26 Å². The summed E-state index contributed by atoms with van der Waals surface area (Å²) in [6.07, 6.45) is 5.24. The highest BCUT2D eigenvalue weighted by Crippen LogP contribution is 2.26. The van der Waals surface area contributed by atoms with Crippen molar-refractivity contribution in [2.24, 2.45) is 0 Å². The Morgan fingerprint density at radius 1 is 1.25 bits per heavy atom. The molecule has 0 aromatic heterocycles. The highest BCUT2D eigenvalue weighted by Gasteiger charge is 2.30. The molecule has 2 fully saturated rings. The maximum atomic E-state index is 11.7. The molecule has 5 nitrogen and oxygen atoms in total. The molecular weight excluding hydrogens is 274 g/mol. The van der Waals surface area contributed by atoms with E-state index in [0.717, 1.165) is 65.0 Å². The molecule has 2 unspecified atom stereocenters. The molecule has 2 rings (SSSR count). The van der Waals surface area contributed by atoms with Crippen LogP contribution in [0.3, 0.4) is 0 Å². The van der Waals surface area contributed by atoms with Crippen molar-refractivity contribution in [1.29, 1.82) is 0 Å². The van der Waals surface area contributed by atoms with Gasteiger partial charge in [-0.15, -0.1) is 0 Å². The van der Waals surface area contributed by atoms with Gasteiger partial charge in [-0.05, 0) is 26.3 Å². The summed E-state index contributed by atoms with van der Waals surface area (Å²) >= 11 is 0. The van der Waals surface area contributed by atoms with Gasteiger partial charge in [0.1, 0.15) is 9.84 Å². The van der Waals surface area contributed by atoms with E-state index in [-0.39, 0.29) is 5.25 Å². The molecule has 0 aromatic carbocycles. The fourth-order valence-electron chi connectivity index (χ4n) is 3.33. The van der Waals surface area contributed by atoms with Gasteiger partial charge in [0.2, 0.25) is 0 Å². The highest BCUT2D eigenvalue weighted by molar-refractivity contribution is 7.91. The monoisotopic (exact) mass is 303 g/mol. The average Bonchev–Trinajstić information content (AvgIpc) is 2.45. The van der Waals surface area contributed by atoms with Gasteiger partial charge in [-0.2, -0.15) is 0 Å². The minimum atomic E-state index is -2.87. The Morgan fingerprint density at radius 2 is 1.95 bits per heavy atom. The number of piperazine rings is 1. The first-order chi connectivity index (χ1) is 9.47. The van der Waals surface area contributed by atoms with Gasteiger partial charge in [0.15, 0.2) is 0 Å². The van der Waals surface area contributed by atoms with Crippen LogP contribution in [0.15, 0.2) is 0 Å². The molecule has 1 aliphatic heterocycles. The van der Waals surface area contributed by atoms with Crippen LogP contribution in [0.5, 0.6) is 0 Å². The van der Waals surface area contributed by atoms with Gasteiger partial charge < -0.3 is 10.2 Å². The van der Waals surface area contributed by atoms with Gasteiger partial charge in [0.25, 0.3) is 0 Å². The largest absolute Gasteiger partial charge is 0.314 e. The Balaban J connectivity index is 1.78. The third-order valence-electron chi connectivity index (χ3n) is 4.81. The molecule has 1 saturated heterocycles. The Labute approximate surface area is 123 Å². The summed E-state index contributed by atoms with van der Waals surface area (Å²) < 4.78 is 23.5. The van der Waals surface area contributed by atoms with Crippen LogP contribution in [-0.2, 0) is 9.84 Å². The van der Waals surface area contributed by atoms with E-state index in [4.69, 9.17) is 0 Å². The summed E-state index contributed by atoms with van der Waals surface area (Å²) in [6.45, 7) is 6.57. The fraction of sp³-hybridized carbons (Fsp3) is 1.00. The minimum absolute atomic E-state index is 0.122. The Morgan fingerprint density at radius 3 is 2.60 bits per heavy atom. The first-order valence-corrected chi connectivity index (χ1v) is 9.74. The van der Waals surface area contributed by atoms with E-state index in [1.54, 1.807) is 0 Å². The van der Waals surface area contributed by atoms with Crippen LogP contribution in [0.4, 0.5) is 0 Å². The smallest absolute Gasteiger partial charge is 0.150 e. The van der Waals surface area contributed by atoms with Gasteiger partial charge in [0, 0.05) is 51.6 Å². The highest BCUT2D eigenvalue weighted by atomic mass is 32.2. The van der Waals surface area contributed by atoms with Gasteiger partial charge >= 0.3 is 0 Å². The van der Waals surface area contributed by atoms with Crippen LogP contribution in [0, 0.1) is 0 Å². The molecule has 6 heteroatoms. The summed E-state index contributed by atoms with van der Waals surface area (Å²) in [7, 11) is -0.723. The molecule has 0 aromatic rings. The second kappa shape index (κ2) is 7.20. The number of hydrogen-bond acceptors (Lipinski definition) is 5. The Hall–Kier alpha value is -0.170. The zero-order chi connectivity index (χ0) is 14.6. The molecule has 1 saturated carbocycles. The lowest BCUT2D eigenvalue weighted by Gasteiger charge is -2.36. The maximum Gasteiger partial charge on any atom is 0.150 e. The Kier molecular flexibility index (Phi) is 5.84. The lowest BCUT2D eigenvalue weighted by molar-refractivity contribution is 0.154. The molecule has 1 heterocycles. The molecule has 0 spiro atoms. The third kappa shape index (κ3) is 4.69. The van der Waals surface area contributed by atoms with Gasteiger partial charge in [-0.1, -0.05) is 6.42 Å². The van der Waals surface area contributed by atoms with Crippen LogP contribution in [-0.4, -0.2) is 82.1 Å². The lowest BCUT2D eigenvalue weighted by Crippen LogP contribution is -2.48. The Bertz CT molecular complexity index is 393. The fourth-order valence-corrected chi connectivity index (χ4v) is 4.49. The number of sulfone groups is 1.